The van der Waals surface area contributed by atoms with Crippen LogP contribution in [0.2, 0.25) is 0 Å². The molecule has 0 bridgehead atoms. The van der Waals surface area contributed by atoms with Crippen molar-refractivity contribution in [3.63, 3.8) is 0 Å². The van der Waals surface area contributed by atoms with Crippen LogP contribution in [0.15, 0.2) is 42.5 Å². The third-order valence-corrected chi connectivity index (χ3v) is 6.51. The van der Waals surface area contributed by atoms with E-state index < -0.39 is 32.9 Å². The second-order valence-corrected chi connectivity index (χ2v) is 8.81. The first kappa shape index (κ1) is 18.9. The lowest BCUT2D eigenvalue weighted by atomic mass is 10.0. The summed E-state index contributed by atoms with van der Waals surface area (Å²) >= 11 is 0. The van der Waals surface area contributed by atoms with Crippen molar-refractivity contribution in [2.45, 2.75) is 44.2 Å². The molecule has 3 rings (SSSR count). The molecular formula is C19H20F3NO2S. The van der Waals surface area contributed by atoms with Gasteiger partial charge in [-0.1, -0.05) is 47.5 Å². The highest BCUT2D eigenvalue weighted by atomic mass is 32.2. The van der Waals surface area contributed by atoms with Crippen molar-refractivity contribution in [1.29, 1.82) is 0 Å². The van der Waals surface area contributed by atoms with E-state index in [2.05, 4.69) is 4.72 Å². The average molecular weight is 383 g/mol. The normalized spacial score (nSPS) is 20.2. The number of halogens is 3. The van der Waals surface area contributed by atoms with Crippen molar-refractivity contribution < 1.29 is 21.6 Å². The predicted molar refractivity (Wildman–Crippen MR) is 94.3 cm³/mol. The van der Waals surface area contributed by atoms with E-state index in [4.69, 9.17) is 0 Å². The third-order valence-electron chi connectivity index (χ3n) is 4.64. The molecule has 1 fully saturated rings. The molecule has 0 radical (unpaired) electrons. The molecule has 2 atom stereocenters. The van der Waals surface area contributed by atoms with Crippen LogP contribution in [0.25, 0.3) is 0 Å². The predicted octanol–water partition coefficient (Wildman–Crippen LogP) is 4.30. The lowest BCUT2D eigenvalue weighted by Crippen LogP contribution is -2.27. The highest BCUT2D eigenvalue weighted by molar-refractivity contribution is 7.90. The van der Waals surface area contributed by atoms with Gasteiger partial charge in [0.05, 0.1) is 10.8 Å². The molecule has 140 valence electrons. The van der Waals surface area contributed by atoms with E-state index in [-0.39, 0.29) is 18.5 Å². The van der Waals surface area contributed by atoms with Gasteiger partial charge in [-0.15, -0.1) is 0 Å². The van der Waals surface area contributed by atoms with E-state index in [1.807, 2.05) is 31.2 Å². The Hall–Kier alpha value is -1.86. The van der Waals surface area contributed by atoms with E-state index in [1.54, 1.807) is 6.92 Å². The zero-order valence-corrected chi connectivity index (χ0v) is 15.3. The summed E-state index contributed by atoms with van der Waals surface area (Å²) in [6.07, 6.45) is -4.29. The molecule has 26 heavy (non-hydrogen) atoms. The molecule has 7 heteroatoms. The van der Waals surface area contributed by atoms with Crippen LogP contribution >= 0.6 is 0 Å². The second-order valence-electron chi connectivity index (χ2n) is 6.82. The van der Waals surface area contributed by atoms with Gasteiger partial charge in [0.1, 0.15) is 0 Å². The quantitative estimate of drug-likeness (QED) is 0.837. The molecule has 0 saturated heterocycles. The summed E-state index contributed by atoms with van der Waals surface area (Å²) in [4.78, 5) is 0. The maximum absolute atomic E-state index is 13.2. The zero-order valence-electron chi connectivity index (χ0n) is 14.5. The Bertz CT molecular complexity index is 905. The van der Waals surface area contributed by atoms with Gasteiger partial charge in [0.25, 0.3) is 0 Å². The van der Waals surface area contributed by atoms with Crippen LogP contribution in [0.3, 0.4) is 0 Å². The maximum Gasteiger partial charge on any atom is 0.416 e. The largest absolute Gasteiger partial charge is 0.416 e. The summed E-state index contributed by atoms with van der Waals surface area (Å²) in [7, 11) is -3.69. The molecular weight excluding hydrogens is 363 g/mol. The van der Waals surface area contributed by atoms with Gasteiger partial charge in [-0.25, -0.2) is 13.1 Å². The third kappa shape index (κ3) is 4.10. The summed E-state index contributed by atoms with van der Waals surface area (Å²) in [6, 6.07) is 11.3. The summed E-state index contributed by atoms with van der Waals surface area (Å²) in [5.41, 5.74) is 1.89. The number of rotatable bonds is 5. The Morgan fingerprint density at radius 1 is 1.04 bits per heavy atom. The SMILES string of the molecule is Cc1ccc(CNS(=O)(=O)C2CC2c2cc(C)ccc2C(F)(F)F)cc1. The van der Waals surface area contributed by atoms with E-state index in [0.717, 1.165) is 17.2 Å². The molecule has 2 aromatic carbocycles. The Morgan fingerprint density at radius 2 is 1.65 bits per heavy atom. The van der Waals surface area contributed by atoms with E-state index in [1.165, 1.54) is 12.1 Å². The summed E-state index contributed by atoms with van der Waals surface area (Å²) in [6.45, 7) is 3.76. The van der Waals surface area contributed by atoms with Crippen molar-refractivity contribution in [3.05, 3.63) is 70.3 Å². The Morgan fingerprint density at radius 3 is 2.27 bits per heavy atom. The van der Waals surface area contributed by atoms with Crippen LogP contribution in [-0.2, 0) is 22.7 Å². The number of hydrogen-bond donors (Lipinski definition) is 1. The molecule has 2 unspecified atom stereocenters. The zero-order chi connectivity index (χ0) is 19.1. The fraction of sp³-hybridized carbons (Fsp3) is 0.368. The van der Waals surface area contributed by atoms with Crippen molar-refractivity contribution in [2.75, 3.05) is 0 Å². The second kappa shape index (κ2) is 6.70. The molecule has 0 amide bonds. The van der Waals surface area contributed by atoms with Crippen LogP contribution in [0.4, 0.5) is 13.2 Å². The first-order chi connectivity index (χ1) is 12.1. The Labute approximate surface area is 151 Å². The molecule has 0 spiro atoms. The van der Waals surface area contributed by atoms with E-state index >= 15 is 0 Å². The van der Waals surface area contributed by atoms with Gasteiger partial charge < -0.3 is 0 Å². The highest BCUT2D eigenvalue weighted by Crippen LogP contribution is 2.49. The number of sulfonamides is 1. The molecule has 1 N–H and O–H groups in total. The average Bonchev–Trinajstić information content (AvgIpc) is 3.34. The fourth-order valence-electron chi connectivity index (χ4n) is 3.09. The van der Waals surface area contributed by atoms with Crippen molar-refractivity contribution in [3.8, 4) is 0 Å². The van der Waals surface area contributed by atoms with Crippen LogP contribution < -0.4 is 4.72 Å². The highest BCUT2D eigenvalue weighted by Gasteiger charge is 2.51. The topological polar surface area (TPSA) is 46.2 Å². The van der Waals surface area contributed by atoms with Crippen LogP contribution in [0.1, 0.15) is 40.2 Å². The number of aryl methyl sites for hydroxylation is 2. The van der Waals surface area contributed by atoms with Crippen molar-refractivity contribution >= 4 is 10.0 Å². The van der Waals surface area contributed by atoms with Crippen LogP contribution in [-0.4, -0.2) is 13.7 Å². The summed E-state index contributed by atoms with van der Waals surface area (Å²) in [5.74, 6) is -0.623. The number of hydrogen-bond acceptors (Lipinski definition) is 2. The minimum Gasteiger partial charge on any atom is -0.212 e. The molecule has 1 aliphatic carbocycles. The van der Waals surface area contributed by atoms with Crippen molar-refractivity contribution in [2.24, 2.45) is 0 Å². The van der Waals surface area contributed by atoms with Crippen LogP contribution in [0.5, 0.6) is 0 Å². The lowest BCUT2D eigenvalue weighted by Gasteiger charge is -2.14. The number of nitrogens with one attached hydrogen (secondary N) is 1. The monoisotopic (exact) mass is 383 g/mol. The smallest absolute Gasteiger partial charge is 0.212 e. The number of alkyl halides is 3. The van der Waals surface area contributed by atoms with E-state index in [0.29, 0.717) is 5.56 Å². The summed E-state index contributed by atoms with van der Waals surface area (Å²) < 4.78 is 67.1. The van der Waals surface area contributed by atoms with Gasteiger partial charge in [0.15, 0.2) is 0 Å². The standard InChI is InChI=1S/C19H20F3NO2S/c1-12-3-6-14(7-4-12)11-23-26(24,25)18-10-16(18)15-9-13(2)5-8-17(15)19(20,21)22/h3-9,16,18,23H,10-11H2,1-2H3. The minimum atomic E-state index is -4.49. The first-order valence-corrected chi connectivity index (χ1v) is 9.84. The lowest BCUT2D eigenvalue weighted by molar-refractivity contribution is -0.138. The number of benzene rings is 2. The molecule has 1 saturated carbocycles. The van der Waals surface area contributed by atoms with Gasteiger partial charge in [-0.2, -0.15) is 13.2 Å². The summed E-state index contributed by atoms with van der Waals surface area (Å²) in [5, 5.41) is -0.823. The maximum atomic E-state index is 13.2. The minimum absolute atomic E-state index is 0.0724. The Balaban J connectivity index is 1.75. The van der Waals surface area contributed by atoms with E-state index in [9.17, 15) is 21.6 Å². The fourth-order valence-corrected chi connectivity index (χ4v) is 4.71. The van der Waals surface area contributed by atoms with Gasteiger partial charge >= 0.3 is 6.18 Å². The molecule has 1 aliphatic rings. The molecule has 2 aromatic rings. The van der Waals surface area contributed by atoms with Gasteiger partial charge in [0.2, 0.25) is 10.0 Å². The Kier molecular flexibility index (Phi) is 4.88. The van der Waals surface area contributed by atoms with Crippen LogP contribution in [0, 0.1) is 13.8 Å². The van der Waals surface area contributed by atoms with Gasteiger partial charge in [-0.3, -0.25) is 0 Å². The van der Waals surface area contributed by atoms with Crippen molar-refractivity contribution in [1.82, 2.24) is 4.72 Å². The molecule has 0 aromatic heterocycles. The first-order valence-electron chi connectivity index (χ1n) is 8.30. The van der Waals surface area contributed by atoms with Gasteiger partial charge in [-0.05, 0) is 37.5 Å². The molecule has 0 heterocycles. The molecule has 0 aliphatic heterocycles. The van der Waals surface area contributed by atoms with Gasteiger partial charge in [0, 0.05) is 12.5 Å². The molecule has 3 nitrogen and oxygen atoms in total.